The Kier molecular flexibility index (Phi) is 5.82. The number of hydrogen-bond acceptors (Lipinski definition) is 11. The number of ether oxygens (including phenoxy) is 1. The van der Waals surface area contributed by atoms with Gasteiger partial charge in [-0.2, -0.15) is 4.98 Å². The van der Waals surface area contributed by atoms with Gasteiger partial charge in [0.15, 0.2) is 6.23 Å². The van der Waals surface area contributed by atoms with Crippen LogP contribution in [-0.2, 0) is 4.74 Å². The Morgan fingerprint density at radius 2 is 1.58 bits per heavy atom. The van der Waals surface area contributed by atoms with Gasteiger partial charge in [0.25, 0.3) is 0 Å². The molecular weight excluding hydrogens is 434 g/mol. The Balaban J connectivity index is 1.81. The summed E-state index contributed by atoms with van der Waals surface area (Å²) in [5.41, 5.74) is 1.29. The number of aliphatic hydroxyl groups excluding tert-OH is 2. The summed E-state index contributed by atoms with van der Waals surface area (Å²) in [4.78, 5) is 50.2. The minimum atomic E-state index is -2.99. The lowest BCUT2D eigenvalue weighted by Crippen LogP contribution is -2.60. The van der Waals surface area contributed by atoms with Crippen LogP contribution in [0.3, 0.4) is 0 Å². The van der Waals surface area contributed by atoms with Crippen LogP contribution in [0.5, 0.6) is 0 Å². The molecule has 4 heterocycles. The summed E-state index contributed by atoms with van der Waals surface area (Å²) in [6.45, 7) is 0. The number of aromatic nitrogens is 4. The number of nitrogen functional groups attached to an aromatic ring is 1. The number of pyridine rings is 2. The van der Waals surface area contributed by atoms with E-state index < -0.39 is 47.4 Å². The topological polar surface area (TPSA) is 191 Å². The number of Topliss-reactive ketones (excluding diaryl/α,β-unsaturated/α-hetero) is 2. The summed E-state index contributed by atoms with van der Waals surface area (Å²) in [5, 5.41) is 32.9. The second kappa shape index (κ2) is 8.60. The number of carbonyl (C=O) groups excluding carboxylic acids is 2. The summed E-state index contributed by atoms with van der Waals surface area (Å²) < 4.78 is 6.42. The van der Waals surface area contributed by atoms with E-state index in [-0.39, 0.29) is 16.9 Å². The fraction of sp³-hybridized carbons (Fsp3) is 0.238. The zero-order valence-corrected chi connectivity index (χ0v) is 16.9. The van der Waals surface area contributed by atoms with Crippen molar-refractivity contribution in [1.82, 2.24) is 19.5 Å². The van der Waals surface area contributed by atoms with Crippen LogP contribution in [0.4, 0.5) is 5.82 Å². The van der Waals surface area contributed by atoms with E-state index in [2.05, 4.69) is 15.0 Å². The first-order chi connectivity index (χ1) is 15.7. The maximum atomic E-state index is 13.4. The SMILES string of the molecule is Nc1ccn([C@@H]2O[C@H](C(O)(C(=O)c3cccnc3)C(=O)c3cccnc3)[C@@H](O)[C@H]2O)c(=O)n1. The molecule has 0 saturated carbocycles. The van der Waals surface area contributed by atoms with Gasteiger partial charge in [-0.15, -0.1) is 0 Å². The number of ketones is 2. The highest BCUT2D eigenvalue weighted by molar-refractivity contribution is 6.23. The molecule has 0 amide bonds. The lowest BCUT2D eigenvalue weighted by Gasteiger charge is -2.32. The Labute approximate surface area is 186 Å². The molecule has 5 N–H and O–H groups in total. The van der Waals surface area contributed by atoms with Gasteiger partial charge in [-0.25, -0.2) is 4.79 Å². The van der Waals surface area contributed by atoms with Gasteiger partial charge in [0.2, 0.25) is 17.2 Å². The number of nitrogens with zero attached hydrogens (tertiary/aromatic N) is 4. The van der Waals surface area contributed by atoms with Crippen LogP contribution >= 0.6 is 0 Å². The third-order valence-corrected chi connectivity index (χ3v) is 5.32. The van der Waals surface area contributed by atoms with Crippen molar-refractivity contribution in [3.05, 3.63) is 82.9 Å². The number of anilines is 1. The third-order valence-electron chi connectivity index (χ3n) is 5.32. The number of nitrogens with two attached hydrogens (primary N) is 1. The maximum absolute atomic E-state index is 13.4. The van der Waals surface area contributed by atoms with Gasteiger partial charge in [-0.3, -0.25) is 24.1 Å². The molecule has 12 nitrogen and oxygen atoms in total. The van der Waals surface area contributed by atoms with Crippen LogP contribution in [-0.4, -0.2) is 70.3 Å². The van der Waals surface area contributed by atoms with E-state index in [9.17, 15) is 29.7 Å². The maximum Gasteiger partial charge on any atom is 0.351 e. The van der Waals surface area contributed by atoms with Crippen LogP contribution in [0.15, 0.2) is 66.1 Å². The van der Waals surface area contributed by atoms with Crippen molar-refractivity contribution in [3.8, 4) is 0 Å². The number of aliphatic hydroxyl groups is 3. The van der Waals surface area contributed by atoms with E-state index in [0.717, 1.165) is 17.0 Å². The van der Waals surface area contributed by atoms with E-state index in [1.165, 1.54) is 48.9 Å². The summed E-state index contributed by atoms with van der Waals surface area (Å²) in [5.74, 6) is -2.33. The Hall–Kier alpha value is -3.84. The predicted molar refractivity (Wildman–Crippen MR) is 111 cm³/mol. The van der Waals surface area contributed by atoms with Crippen molar-refractivity contribution in [2.45, 2.75) is 30.1 Å². The van der Waals surface area contributed by atoms with Crippen molar-refractivity contribution < 1.29 is 29.6 Å². The average Bonchev–Trinajstić information content (AvgIpc) is 3.13. The lowest BCUT2D eigenvalue weighted by molar-refractivity contribution is -0.104. The molecule has 0 radical (unpaired) electrons. The molecule has 170 valence electrons. The molecule has 33 heavy (non-hydrogen) atoms. The molecule has 12 heteroatoms. The molecule has 0 bridgehead atoms. The molecule has 0 aliphatic carbocycles. The van der Waals surface area contributed by atoms with E-state index in [1.807, 2.05) is 0 Å². The van der Waals surface area contributed by atoms with Gasteiger partial charge in [-0.05, 0) is 30.3 Å². The quantitative estimate of drug-likeness (QED) is 0.257. The van der Waals surface area contributed by atoms with Gasteiger partial charge in [0.1, 0.15) is 24.1 Å². The summed E-state index contributed by atoms with van der Waals surface area (Å²) in [7, 11) is 0. The minimum Gasteiger partial charge on any atom is -0.387 e. The number of rotatable bonds is 6. The first-order valence-electron chi connectivity index (χ1n) is 9.73. The molecule has 1 fully saturated rings. The van der Waals surface area contributed by atoms with Crippen molar-refractivity contribution in [3.63, 3.8) is 0 Å². The number of carbonyl (C=O) groups is 2. The lowest BCUT2D eigenvalue weighted by atomic mass is 9.79. The van der Waals surface area contributed by atoms with Crippen LogP contribution in [0.1, 0.15) is 26.9 Å². The van der Waals surface area contributed by atoms with Crippen molar-refractivity contribution >= 4 is 17.4 Å². The molecule has 1 aliphatic heterocycles. The van der Waals surface area contributed by atoms with Crippen LogP contribution in [0.2, 0.25) is 0 Å². The highest BCUT2D eigenvalue weighted by atomic mass is 16.6. The largest absolute Gasteiger partial charge is 0.387 e. The summed E-state index contributed by atoms with van der Waals surface area (Å²) in [6.07, 6.45) is -1.05. The highest BCUT2D eigenvalue weighted by Gasteiger charge is 2.61. The Morgan fingerprint density at radius 3 is 2.06 bits per heavy atom. The standard InChI is InChI=1S/C21H19N5O7/c22-13-5-8-26(20(31)25-13)19-15(28)14(27)18(33-19)21(32,16(29)11-3-1-6-23-9-11)17(30)12-4-2-7-24-10-12/h1-10,14-15,18-19,27-28,32H,(H2,22,25,31)/t14-,15+,18-,19+/m0/s1. The molecule has 3 aromatic heterocycles. The molecular formula is C21H19N5O7. The fourth-order valence-corrected chi connectivity index (χ4v) is 3.65. The average molecular weight is 453 g/mol. The van der Waals surface area contributed by atoms with Gasteiger partial charge in [-0.1, -0.05) is 0 Å². The zero-order valence-electron chi connectivity index (χ0n) is 16.9. The minimum absolute atomic E-state index is 0.0872. The number of hydrogen-bond donors (Lipinski definition) is 4. The first kappa shape index (κ1) is 22.4. The monoisotopic (exact) mass is 453 g/mol. The normalized spacial score (nSPS) is 22.8. The molecule has 1 aliphatic rings. The highest BCUT2D eigenvalue weighted by Crippen LogP contribution is 2.37. The third kappa shape index (κ3) is 3.81. The molecule has 4 rings (SSSR count). The molecule has 4 atom stereocenters. The smallest absolute Gasteiger partial charge is 0.351 e. The van der Waals surface area contributed by atoms with E-state index >= 15 is 0 Å². The fourth-order valence-electron chi connectivity index (χ4n) is 3.65. The second-order valence-corrected chi connectivity index (χ2v) is 7.38. The summed E-state index contributed by atoms with van der Waals surface area (Å²) >= 11 is 0. The van der Waals surface area contributed by atoms with Crippen LogP contribution in [0, 0.1) is 0 Å². The van der Waals surface area contributed by atoms with E-state index in [0.29, 0.717) is 0 Å². The Bertz CT molecular complexity index is 1180. The Morgan fingerprint density at radius 1 is 1.00 bits per heavy atom. The molecule has 3 aromatic rings. The van der Waals surface area contributed by atoms with Gasteiger partial charge < -0.3 is 25.8 Å². The van der Waals surface area contributed by atoms with Gasteiger partial charge in [0.05, 0.1) is 0 Å². The predicted octanol–water partition coefficient (Wildman–Crippen LogP) is -1.27. The van der Waals surface area contributed by atoms with E-state index in [1.54, 1.807) is 0 Å². The van der Waals surface area contributed by atoms with E-state index in [4.69, 9.17) is 10.5 Å². The second-order valence-electron chi connectivity index (χ2n) is 7.38. The molecule has 0 aromatic carbocycles. The van der Waals surface area contributed by atoms with Crippen LogP contribution in [0.25, 0.3) is 0 Å². The van der Waals surface area contributed by atoms with Crippen molar-refractivity contribution in [2.24, 2.45) is 0 Å². The van der Waals surface area contributed by atoms with Gasteiger partial charge in [0, 0.05) is 42.1 Å². The molecule has 0 unspecified atom stereocenters. The summed E-state index contributed by atoms with van der Waals surface area (Å²) in [6, 6.07) is 6.74. The van der Waals surface area contributed by atoms with Crippen molar-refractivity contribution in [1.29, 1.82) is 0 Å². The van der Waals surface area contributed by atoms with Crippen LogP contribution < -0.4 is 11.4 Å². The first-order valence-corrected chi connectivity index (χ1v) is 9.73. The molecule has 0 spiro atoms. The molecule has 1 saturated heterocycles. The van der Waals surface area contributed by atoms with Gasteiger partial charge >= 0.3 is 5.69 Å². The van der Waals surface area contributed by atoms with Crippen molar-refractivity contribution in [2.75, 3.05) is 5.73 Å². The zero-order chi connectivity index (χ0) is 23.8.